The molecule has 0 bridgehead atoms. The number of hydrogen-bond acceptors (Lipinski definition) is 3. The van der Waals surface area contributed by atoms with E-state index >= 15 is 0 Å². The summed E-state index contributed by atoms with van der Waals surface area (Å²) < 4.78 is 0. The Hall–Kier alpha value is -1.69. The number of nitro benzene ring substituents is 1. The molecular weight excluding hydrogens is 286 g/mol. The fraction of sp³-hybridized carbons (Fsp3) is 0.533. The third-order valence-electron chi connectivity index (χ3n) is 4.11. The molecular formula is C15H21N3O2S. The van der Waals surface area contributed by atoms with Gasteiger partial charge in [0, 0.05) is 23.9 Å². The Bertz CT molecular complexity index is 548. The van der Waals surface area contributed by atoms with Gasteiger partial charge in [0.2, 0.25) is 0 Å². The lowest BCUT2D eigenvalue weighted by atomic mass is 9.86. The molecule has 1 aliphatic rings. The van der Waals surface area contributed by atoms with Crippen molar-refractivity contribution in [1.82, 2.24) is 5.32 Å². The molecule has 0 spiro atoms. The van der Waals surface area contributed by atoms with Crippen molar-refractivity contribution in [2.45, 2.75) is 45.6 Å². The fourth-order valence-corrected chi connectivity index (χ4v) is 2.98. The van der Waals surface area contributed by atoms with E-state index in [-0.39, 0.29) is 5.69 Å². The van der Waals surface area contributed by atoms with E-state index in [2.05, 4.69) is 17.6 Å². The number of hydrogen-bond donors (Lipinski definition) is 2. The van der Waals surface area contributed by atoms with Gasteiger partial charge in [-0.25, -0.2) is 0 Å². The van der Waals surface area contributed by atoms with E-state index in [1.807, 2.05) is 6.92 Å². The van der Waals surface area contributed by atoms with Crippen LogP contribution in [-0.2, 0) is 0 Å². The Balaban J connectivity index is 2.02. The summed E-state index contributed by atoms with van der Waals surface area (Å²) in [6.45, 7) is 4.13. The molecule has 1 saturated carbocycles. The molecule has 2 rings (SSSR count). The molecule has 0 amide bonds. The van der Waals surface area contributed by atoms with Crippen LogP contribution in [0.25, 0.3) is 0 Å². The molecule has 5 nitrogen and oxygen atoms in total. The monoisotopic (exact) mass is 307 g/mol. The SMILES string of the molecule is Cc1ccc([N+](=O)[O-])cc1NC(=S)N[C@@H]1CCCC[C@H]1C. The largest absolute Gasteiger partial charge is 0.359 e. The van der Waals surface area contributed by atoms with Gasteiger partial charge in [0.05, 0.1) is 4.92 Å². The summed E-state index contributed by atoms with van der Waals surface area (Å²) in [6, 6.07) is 5.14. The van der Waals surface area contributed by atoms with E-state index in [1.54, 1.807) is 6.07 Å². The Morgan fingerprint density at radius 3 is 2.76 bits per heavy atom. The third kappa shape index (κ3) is 4.14. The van der Waals surface area contributed by atoms with E-state index in [9.17, 15) is 10.1 Å². The van der Waals surface area contributed by atoms with Crippen molar-refractivity contribution in [3.8, 4) is 0 Å². The number of nitro groups is 1. The summed E-state index contributed by atoms with van der Waals surface area (Å²) in [6.07, 6.45) is 4.84. The second-order valence-corrected chi connectivity index (χ2v) is 6.13. The molecule has 0 unspecified atom stereocenters. The Kier molecular flexibility index (Phi) is 5.12. The maximum atomic E-state index is 10.8. The minimum Gasteiger partial charge on any atom is -0.359 e. The van der Waals surface area contributed by atoms with Crippen molar-refractivity contribution in [1.29, 1.82) is 0 Å². The number of rotatable bonds is 3. The topological polar surface area (TPSA) is 67.2 Å². The zero-order valence-electron chi connectivity index (χ0n) is 12.4. The lowest BCUT2D eigenvalue weighted by Gasteiger charge is -2.30. The Morgan fingerprint density at radius 1 is 1.38 bits per heavy atom. The number of nitrogens with one attached hydrogen (secondary N) is 2. The van der Waals surface area contributed by atoms with E-state index < -0.39 is 4.92 Å². The standard InChI is InChI=1S/C15H21N3O2S/c1-10-5-3-4-6-13(10)16-15(21)17-14-9-12(18(19)20)8-7-11(14)2/h7-10,13H,3-6H2,1-2H3,(H2,16,17,21)/t10-,13-/m1/s1. The molecule has 0 aliphatic heterocycles. The van der Waals surface area contributed by atoms with Crippen LogP contribution < -0.4 is 10.6 Å². The molecule has 1 aromatic rings. The van der Waals surface area contributed by atoms with Gasteiger partial charge in [-0.05, 0) is 43.5 Å². The van der Waals surface area contributed by atoms with Gasteiger partial charge in [0.1, 0.15) is 0 Å². The number of thiocarbonyl (C=S) groups is 1. The molecule has 0 heterocycles. The Labute approximate surface area is 130 Å². The number of non-ortho nitro benzene ring substituents is 1. The first-order chi connectivity index (χ1) is 9.97. The van der Waals surface area contributed by atoms with Gasteiger partial charge >= 0.3 is 0 Å². The second kappa shape index (κ2) is 6.85. The van der Waals surface area contributed by atoms with E-state index in [0.29, 0.717) is 22.8 Å². The molecule has 1 fully saturated rings. The number of anilines is 1. The van der Waals surface area contributed by atoms with Crippen molar-refractivity contribution in [3.05, 3.63) is 33.9 Å². The average Bonchev–Trinajstić information content (AvgIpc) is 2.43. The van der Waals surface area contributed by atoms with Gasteiger partial charge in [-0.15, -0.1) is 0 Å². The van der Waals surface area contributed by atoms with Crippen molar-refractivity contribution < 1.29 is 4.92 Å². The first-order valence-corrected chi connectivity index (χ1v) is 7.71. The first-order valence-electron chi connectivity index (χ1n) is 7.30. The Morgan fingerprint density at radius 2 is 2.10 bits per heavy atom. The van der Waals surface area contributed by atoms with Crippen LogP contribution in [0.3, 0.4) is 0 Å². The molecule has 6 heteroatoms. The highest BCUT2D eigenvalue weighted by atomic mass is 32.1. The molecule has 1 aromatic carbocycles. The van der Waals surface area contributed by atoms with Crippen LogP contribution in [0.1, 0.15) is 38.2 Å². The van der Waals surface area contributed by atoms with Crippen molar-refractivity contribution in [2.75, 3.05) is 5.32 Å². The zero-order valence-corrected chi connectivity index (χ0v) is 13.2. The normalized spacial score (nSPS) is 21.6. The molecule has 21 heavy (non-hydrogen) atoms. The minimum atomic E-state index is -0.399. The summed E-state index contributed by atoms with van der Waals surface area (Å²) in [5.74, 6) is 0.602. The van der Waals surface area contributed by atoms with Gasteiger partial charge in [0.25, 0.3) is 5.69 Å². The molecule has 2 N–H and O–H groups in total. The quantitative estimate of drug-likeness (QED) is 0.505. The predicted molar refractivity (Wildman–Crippen MR) is 88.6 cm³/mol. The van der Waals surface area contributed by atoms with Crippen molar-refractivity contribution in [3.63, 3.8) is 0 Å². The van der Waals surface area contributed by atoms with Crippen LogP contribution in [0.15, 0.2) is 18.2 Å². The number of benzene rings is 1. The van der Waals surface area contributed by atoms with E-state index in [1.165, 1.54) is 31.4 Å². The maximum Gasteiger partial charge on any atom is 0.271 e. The van der Waals surface area contributed by atoms with Crippen LogP contribution in [0.2, 0.25) is 0 Å². The van der Waals surface area contributed by atoms with Gasteiger partial charge < -0.3 is 10.6 Å². The highest BCUT2D eigenvalue weighted by Gasteiger charge is 2.21. The van der Waals surface area contributed by atoms with Crippen LogP contribution in [0.4, 0.5) is 11.4 Å². The zero-order chi connectivity index (χ0) is 15.4. The maximum absolute atomic E-state index is 10.8. The number of aryl methyl sites for hydroxylation is 1. The average molecular weight is 307 g/mol. The molecule has 1 aliphatic carbocycles. The van der Waals surface area contributed by atoms with Gasteiger partial charge in [0.15, 0.2) is 5.11 Å². The smallest absolute Gasteiger partial charge is 0.271 e. The second-order valence-electron chi connectivity index (χ2n) is 5.72. The van der Waals surface area contributed by atoms with Gasteiger partial charge in [-0.1, -0.05) is 25.8 Å². The van der Waals surface area contributed by atoms with E-state index in [0.717, 1.165) is 12.0 Å². The van der Waals surface area contributed by atoms with Crippen molar-refractivity contribution in [2.24, 2.45) is 5.92 Å². The molecule has 0 saturated heterocycles. The summed E-state index contributed by atoms with van der Waals surface area (Å²) in [5, 5.41) is 17.8. The van der Waals surface area contributed by atoms with E-state index in [4.69, 9.17) is 12.2 Å². The first kappa shape index (κ1) is 15.7. The lowest BCUT2D eigenvalue weighted by Crippen LogP contribution is -2.43. The highest BCUT2D eigenvalue weighted by molar-refractivity contribution is 7.80. The van der Waals surface area contributed by atoms with Crippen LogP contribution in [0.5, 0.6) is 0 Å². The predicted octanol–water partition coefficient (Wildman–Crippen LogP) is 3.77. The van der Waals surface area contributed by atoms with Crippen LogP contribution >= 0.6 is 12.2 Å². The lowest BCUT2D eigenvalue weighted by molar-refractivity contribution is -0.384. The summed E-state index contributed by atoms with van der Waals surface area (Å²) in [5.41, 5.74) is 1.68. The summed E-state index contributed by atoms with van der Waals surface area (Å²) >= 11 is 5.35. The van der Waals surface area contributed by atoms with Crippen molar-refractivity contribution >= 4 is 28.7 Å². The fourth-order valence-electron chi connectivity index (χ4n) is 2.72. The van der Waals surface area contributed by atoms with Gasteiger partial charge in [-0.2, -0.15) is 0 Å². The molecule has 2 atom stereocenters. The molecule has 0 radical (unpaired) electrons. The third-order valence-corrected chi connectivity index (χ3v) is 4.33. The molecule has 0 aromatic heterocycles. The van der Waals surface area contributed by atoms with Gasteiger partial charge in [-0.3, -0.25) is 10.1 Å². The molecule has 114 valence electrons. The minimum absolute atomic E-state index is 0.0666. The van der Waals surface area contributed by atoms with Crippen LogP contribution in [0, 0.1) is 23.0 Å². The highest BCUT2D eigenvalue weighted by Crippen LogP contribution is 2.25. The number of nitrogens with zero attached hydrogens (tertiary/aromatic N) is 1. The van der Waals surface area contributed by atoms with Crippen LogP contribution in [-0.4, -0.2) is 16.1 Å². The summed E-state index contributed by atoms with van der Waals surface area (Å²) in [4.78, 5) is 10.4. The summed E-state index contributed by atoms with van der Waals surface area (Å²) in [7, 11) is 0.